The van der Waals surface area contributed by atoms with Crippen molar-refractivity contribution in [1.82, 2.24) is 19.7 Å². The molecule has 1 unspecified atom stereocenters. The molecule has 2 aliphatic rings. The van der Waals surface area contributed by atoms with Gasteiger partial charge in [-0.1, -0.05) is 17.7 Å². The molecule has 1 aliphatic heterocycles. The molecule has 1 N–H and O–H groups in total. The van der Waals surface area contributed by atoms with Gasteiger partial charge in [0.15, 0.2) is 0 Å². The topological polar surface area (TPSA) is 63.1 Å². The van der Waals surface area contributed by atoms with E-state index in [1.54, 1.807) is 18.5 Å². The van der Waals surface area contributed by atoms with Crippen LogP contribution in [0.15, 0.2) is 30.6 Å². The summed E-state index contributed by atoms with van der Waals surface area (Å²) in [5.74, 6) is 1.64. The molecule has 2 heterocycles. The van der Waals surface area contributed by atoms with Crippen molar-refractivity contribution in [2.24, 2.45) is 0 Å². The predicted octanol–water partition coefficient (Wildman–Crippen LogP) is 3.29. The van der Waals surface area contributed by atoms with Crippen LogP contribution in [-0.4, -0.2) is 38.8 Å². The van der Waals surface area contributed by atoms with Crippen LogP contribution in [0.25, 0.3) is 0 Å². The molecular formula is C16H18ClN5O. The second-order valence-corrected chi connectivity index (χ2v) is 6.64. The number of urea groups is 1. The van der Waals surface area contributed by atoms with Gasteiger partial charge in [-0.05, 0) is 37.5 Å². The maximum absolute atomic E-state index is 12.4. The largest absolute Gasteiger partial charge is 0.322 e. The Labute approximate surface area is 139 Å². The van der Waals surface area contributed by atoms with E-state index in [4.69, 9.17) is 11.6 Å². The molecule has 7 heteroatoms. The first kappa shape index (κ1) is 14.5. The first-order valence-electron chi connectivity index (χ1n) is 7.91. The fraction of sp³-hybridized carbons (Fsp3) is 0.438. The number of benzene rings is 1. The summed E-state index contributed by atoms with van der Waals surface area (Å²) < 4.78 is 2.16. The Morgan fingerprint density at radius 2 is 2.17 bits per heavy atom. The van der Waals surface area contributed by atoms with Crippen LogP contribution in [0.4, 0.5) is 10.5 Å². The molecule has 0 radical (unpaired) electrons. The molecule has 2 fully saturated rings. The standard InChI is InChI=1S/C16H18ClN5O/c17-12-2-1-3-13(8-12)19-16(23)21-7-6-14(9-21)22-10-18-20-15(22)11-4-5-11/h1-3,8,10-11,14H,4-7,9H2,(H,19,23). The number of hydrogen-bond donors (Lipinski definition) is 1. The Kier molecular flexibility index (Phi) is 3.69. The smallest absolute Gasteiger partial charge is 0.321 e. The van der Waals surface area contributed by atoms with E-state index >= 15 is 0 Å². The highest BCUT2D eigenvalue weighted by atomic mass is 35.5. The Bertz CT molecular complexity index is 727. The number of likely N-dealkylation sites (tertiary alicyclic amines) is 1. The number of nitrogens with zero attached hydrogens (tertiary/aromatic N) is 4. The summed E-state index contributed by atoms with van der Waals surface area (Å²) in [6.07, 6.45) is 5.13. The summed E-state index contributed by atoms with van der Waals surface area (Å²) in [4.78, 5) is 14.2. The van der Waals surface area contributed by atoms with Gasteiger partial charge in [-0.3, -0.25) is 0 Å². The van der Waals surface area contributed by atoms with E-state index in [1.807, 2.05) is 17.0 Å². The van der Waals surface area contributed by atoms with Gasteiger partial charge >= 0.3 is 6.03 Å². The summed E-state index contributed by atoms with van der Waals surface area (Å²) in [7, 11) is 0. The van der Waals surface area contributed by atoms with Gasteiger partial charge in [-0.2, -0.15) is 0 Å². The highest BCUT2D eigenvalue weighted by Crippen LogP contribution is 2.40. The Morgan fingerprint density at radius 1 is 1.30 bits per heavy atom. The van der Waals surface area contributed by atoms with Crippen molar-refractivity contribution in [3.8, 4) is 0 Å². The van der Waals surface area contributed by atoms with Crippen LogP contribution in [0, 0.1) is 0 Å². The summed E-state index contributed by atoms with van der Waals surface area (Å²) >= 11 is 5.95. The minimum atomic E-state index is -0.0872. The van der Waals surface area contributed by atoms with Crippen LogP contribution in [-0.2, 0) is 0 Å². The van der Waals surface area contributed by atoms with Crippen molar-refractivity contribution in [3.63, 3.8) is 0 Å². The summed E-state index contributed by atoms with van der Waals surface area (Å²) in [6, 6.07) is 7.38. The highest BCUT2D eigenvalue weighted by Gasteiger charge is 2.34. The third-order valence-electron chi connectivity index (χ3n) is 4.46. The molecule has 1 aliphatic carbocycles. The quantitative estimate of drug-likeness (QED) is 0.938. The molecular weight excluding hydrogens is 314 g/mol. The lowest BCUT2D eigenvalue weighted by molar-refractivity contribution is 0.221. The van der Waals surface area contributed by atoms with Gasteiger partial charge in [0.25, 0.3) is 0 Å². The minimum absolute atomic E-state index is 0.0872. The van der Waals surface area contributed by atoms with Crippen molar-refractivity contribution >= 4 is 23.3 Å². The van der Waals surface area contributed by atoms with E-state index in [0.29, 0.717) is 23.2 Å². The third-order valence-corrected chi connectivity index (χ3v) is 4.70. The molecule has 4 rings (SSSR count). The number of rotatable bonds is 3. The molecule has 2 aromatic rings. The maximum atomic E-state index is 12.4. The monoisotopic (exact) mass is 331 g/mol. The van der Waals surface area contributed by atoms with Gasteiger partial charge in [0.2, 0.25) is 0 Å². The number of aromatic nitrogens is 3. The van der Waals surface area contributed by atoms with Crippen molar-refractivity contribution < 1.29 is 4.79 Å². The average molecular weight is 332 g/mol. The van der Waals surface area contributed by atoms with E-state index < -0.39 is 0 Å². The molecule has 0 bridgehead atoms. The first-order valence-corrected chi connectivity index (χ1v) is 8.29. The van der Waals surface area contributed by atoms with E-state index in [1.165, 1.54) is 12.8 Å². The zero-order valence-electron chi connectivity index (χ0n) is 12.7. The first-order chi connectivity index (χ1) is 11.2. The number of anilines is 1. The number of nitrogens with one attached hydrogen (secondary N) is 1. The number of amides is 2. The lowest BCUT2D eigenvalue weighted by Crippen LogP contribution is -2.33. The number of carbonyl (C=O) groups excluding carboxylic acids is 1. The van der Waals surface area contributed by atoms with E-state index in [-0.39, 0.29) is 12.1 Å². The molecule has 23 heavy (non-hydrogen) atoms. The maximum Gasteiger partial charge on any atom is 0.321 e. The van der Waals surface area contributed by atoms with Crippen molar-refractivity contribution in [2.45, 2.75) is 31.2 Å². The van der Waals surface area contributed by atoms with Gasteiger partial charge in [0.1, 0.15) is 12.2 Å². The predicted molar refractivity (Wildman–Crippen MR) is 87.7 cm³/mol. The van der Waals surface area contributed by atoms with Crippen LogP contribution in [0.1, 0.15) is 37.0 Å². The van der Waals surface area contributed by atoms with Crippen molar-refractivity contribution in [3.05, 3.63) is 41.4 Å². The van der Waals surface area contributed by atoms with Gasteiger partial charge in [-0.15, -0.1) is 10.2 Å². The molecule has 2 amide bonds. The Morgan fingerprint density at radius 3 is 2.96 bits per heavy atom. The molecule has 1 atom stereocenters. The van der Waals surface area contributed by atoms with Crippen LogP contribution in [0.5, 0.6) is 0 Å². The number of carbonyl (C=O) groups is 1. The van der Waals surface area contributed by atoms with Crippen molar-refractivity contribution in [2.75, 3.05) is 18.4 Å². The van der Waals surface area contributed by atoms with Gasteiger partial charge in [0, 0.05) is 29.7 Å². The third kappa shape index (κ3) is 3.03. The minimum Gasteiger partial charge on any atom is -0.322 e. The fourth-order valence-electron chi connectivity index (χ4n) is 3.09. The SMILES string of the molecule is O=C(Nc1cccc(Cl)c1)N1CCC(n2cnnc2C2CC2)C1. The Hall–Kier alpha value is -2.08. The molecule has 0 spiro atoms. The summed E-state index contributed by atoms with van der Waals surface area (Å²) in [5.41, 5.74) is 0.717. The zero-order valence-corrected chi connectivity index (χ0v) is 13.4. The lowest BCUT2D eigenvalue weighted by Gasteiger charge is -2.18. The van der Waals surface area contributed by atoms with Crippen LogP contribution < -0.4 is 5.32 Å². The van der Waals surface area contributed by atoms with Crippen LogP contribution in [0.3, 0.4) is 0 Å². The Balaban J connectivity index is 1.41. The molecule has 1 aromatic heterocycles. The molecule has 1 aromatic carbocycles. The second-order valence-electron chi connectivity index (χ2n) is 6.20. The van der Waals surface area contributed by atoms with Gasteiger partial charge in [-0.25, -0.2) is 4.79 Å². The molecule has 1 saturated carbocycles. The normalized spacial score (nSPS) is 20.7. The fourth-order valence-corrected chi connectivity index (χ4v) is 3.28. The van der Waals surface area contributed by atoms with Gasteiger partial charge in [0.05, 0.1) is 6.04 Å². The molecule has 120 valence electrons. The second kappa shape index (κ2) is 5.85. The van der Waals surface area contributed by atoms with Crippen LogP contribution in [0.2, 0.25) is 5.02 Å². The van der Waals surface area contributed by atoms with E-state index in [0.717, 1.165) is 18.8 Å². The van der Waals surface area contributed by atoms with Crippen molar-refractivity contribution in [1.29, 1.82) is 0 Å². The summed E-state index contributed by atoms with van der Waals surface area (Å²) in [5, 5.41) is 11.8. The van der Waals surface area contributed by atoms with E-state index in [9.17, 15) is 4.79 Å². The highest BCUT2D eigenvalue weighted by molar-refractivity contribution is 6.30. The number of hydrogen-bond acceptors (Lipinski definition) is 3. The lowest BCUT2D eigenvalue weighted by atomic mass is 10.2. The summed E-state index contributed by atoms with van der Waals surface area (Å²) in [6.45, 7) is 1.42. The van der Waals surface area contributed by atoms with Gasteiger partial charge < -0.3 is 14.8 Å². The van der Waals surface area contributed by atoms with Crippen LogP contribution >= 0.6 is 11.6 Å². The average Bonchev–Trinajstić information content (AvgIpc) is 3.07. The van der Waals surface area contributed by atoms with E-state index in [2.05, 4.69) is 20.1 Å². The molecule has 6 nitrogen and oxygen atoms in total. The number of halogens is 1. The molecule has 1 saturated heterocycles. The zero-order chi connectivity index (χ0) is 15.8.